The summed E-state index contributed by atoms with van der Waals surface area (Å²) in [6.07, 6.45) is 4.40. The molecule has 3 aromatic heterocycles. The van der Waals surface area contributed by atoms with Gasteiger partial charge < -0.3 is 10.2 Å². The third-order valence-electron chi connectivity index (χ3n) is 8.58. The third-order valence-corrected chi connectivity index (χ3v) is 9.81. The van der Waals surface area contributed by atoms with Gasteiger partial charge in [0.2, 0.25) is 0 Å². The molecule has 2 N–H and O–H groups in total. The standard InChI is InChI=1S/C33H38N6O3S/c1-32(2,3)23-15-16-34-27(18-23)26-14-13-21-19-33(4,5)39(20-21)30-24(17-22-9-6-7-10-25(22)36-30)31(40)38-43(41,42)29-12-8-11-28(35-26)37-29/h6-12,15-18,21,26H,13-14,19-20H2,1-5H3,(H,35,37)(H,38,40)/t21-,26-/m0/s1. The molecule has 0 saturated carbocycles. The molecular weight excluding hydrogens is 560 g/mol. The molecule has 1 saturated heterocycles. The van der Waals surface area contributed by atoms with E-state index in [0.29, 0.717) is 24.1 Å². The number of hydrogen-bond acceptors (Lipinski definition) is 8. The average Bonchev–Trinajstić information content (AvgIpc) is 3.27. The van der Waals surface area contributed by atoms with Crippen molar-refractivity contribution < 1.29 is 13.2 Å². The van der Waals surface area contributed by atoms with Crippen LogP contribution < -0.4 is 14.9 Å². The summed E-state index contributed by atoms with van der Waals surface area (Å²) in [5.41, 5.74) is 2.67. The van der Waals surface area contributed by atoms with E-state index in [1.807, 2.05) is 36.5 Å². The van der Waals surface area contributed by atoms with Crippen molar-refractivity contribution in [3.63, 3.8) is 0 Å². The first-order chi connectivity index (χ1) is 20.3. The highest BCUT2D eigenvalue weighted by molar-refractivity contribution is 7.90. The van der Waals surface area contributed by atoms with Crippen molar-refractivity contribution >= 4 is 38.5 Å². The van der Waals surface area contributed by atoms with Gasteiger partial charge in [-0.25, -0.2) is 14.7 Å². The maximum absolute atomic E-state index is 13.7. The fraction of sp³-hybridized carbons (Fsp3) is 0.394. The zero-order chi connectivity index (χ0) is 30.6. The molecule has 43 heavy (non-hydrogen) atoms. The van der Waals surface area contributed by atoms with Crippen LogP contribution in [0.1, 0.15) is 81.5 Å². The fourth-order valence-electron chi connectivity index (χ4n) is 6.29. The summed E-state index contributed by atoms with van der Waals surface area (Å²) in [6, 6.07) is 18.0. The summed E-state index contributed by atoms with van der Waals surface area (Å²) in [5.74, 6) is 0.482. The summed E-state index contributed by atoms with van der Waals surface area (Å²) in [7, 11) is -4.29. The third kappa shape index (κ3) is 5.80. The molecule has 0 radical (unpaired) electrons. The molecule has 2 aliphatic rings. The number of para-hydroxylation sites is 1. The molecule has 2 aliphatic heterocycles. The van der Waals surface area contributed by atoms with Crippen LogP contribution in [-0.4, -0.2) is 41.4 Å². The molecular formula is C33H38N6O3S. The summed E-state index contributed by atoms with van der Waals surface area (Å²) in [4.78, 5) is 30.0. The molecule has 1 amide bonds. The van der Waals surface area contributed by atoms with Gasteiger partial charge >= 0.3 is 0 Å². The molecule has 0 spiro atoms. The van der Waals surface area contributed by atoms with E-state index in [4.69, 9.17) is 9.97 Å². The second-order valence-corrected chi connectivity index (χ2v) is 15.0. The molecule has 9 nitrogen and oxygen atoms in total. The van der Waals surface area contributed by atoms with Crippen LogP contribution in [0.5, 0.6) is 0 Å². The number of fused-ring (bicyclic) bond motifs is 7. The maximum Gasteiger partial charge on any atom is 0.281 e. The summed E-state index contributed by atoms with van der Waals surface area (Å²) >= 11 is 0. The largest absolute Gasteiger partial charge is 0.362 e. The molecule has 1 aromatic carbocycles. The average molecular weight is 599 g/mol. The smallest absolute Gasteiger partial charge is 0.281 e. The Bertz CT molecular complexity index is 1820. The monoisotopic (exact) mass is 598 g/mol. The number of anilines is 2. The minimum atomic E-state index is -4.29. The SMILES string of the molecule is CC(C)(C)c1ccnc([C@@H]2CC[C@@H]3CN(c4nc5ccccc5cc4C(=O)NS(=O)(=O)c4cccc(n4)N2)C(C)(C)C3)c1. The Balaban J connectivity index is 1.47. The van der Waals surface area contributed by atoms with Gasteiger partial charge in [0.15, 0.2) is 5.03 Å². The van der Waals surface area contributed by atoms with Gasteiger partial charge in [-0.2, -0.15) is 8.42 Å². The van der Waals surface area contributed by atoms with Crippen molar-refractivity contribution in [1.82, 2.24) is 19.7 Å². The van der Waals surface area contributed by atoms with Gasteiger partial charge in [0.25, 0.3) is 15.9 Å². The molecule has 10 heteroatoms. The van der Waals surface area contributed by atoms with Crippen LogP contribution in [0.3, 0.4) is 0 Å². The molecule has 1 fully saturated rings. The van der Waals surface area contributed by atoms with E-state index in [2.05, 4.69) is 60.6 Å². The molecule has 224 valence electrons. The van der Waals surface area contributed by atoms with Crippen LogP contribution in [0.2, 0.25) is 0 Å². The number of benzene rings is 1. The molecule has 5 heterocycles. The Morgan fingerprint density at radius 3 is 2.56 bits per heavy atom. The highest BCUT2D eigenvalue weighted by Crippen LogP contribution is 2.41. The topological polar surface area (TPSA) is 117 Å². The lowest BCUT2D eigenvalue weighted by Crippen LogP contribution is -2.41. The van der Waals surface area contributed by atoms with E-state index in [-0.39, 0.29) is 27.6 Å². The minimum absolute atomic E-state index is 0.0531. The van der Waals surface area contributed by atoms with E-state index in [9.17, 15) is 13.2 Å². The molecule has 0 aliphatic carbocycles. The Morgan fingerprint density at radius 2 is 1.77 bits per heavy atom. The molecule has 0 unspecified atom stereocenters. The highest BCUT2D eigenvalue weighted by Gasteiger charge is 2.41. The zero-order valence-corrected chi connectivity index (χ0v) is 26.1. The quantitative estimate of drug-likeness (QED) is 0.274. The van der Waals surface area contributed by atoms with E-state index in [1.165, 1.54) is 11.6 Å². The van der Waals surface area contributed by atoms with Crippen molar-refractivity contribution in [3.05, 3.63) is 83.7 Å². The van der Waals surface area contributed by atoms with E-state index in [1.54, 1.807) is 18.2 Å². The van der Waals surface area contributed by atoms with Crippen LogP contribution in [-0.2, 0) is 15.4 Å². The summed E-state index contributed by atoms with van der Waals surface area (Å²) in [5, 5.41) is 3.99. The number of nitrogens with one attached hydrogen (secondary N) is 2. The zero-order valence-electron chi connectivity index (χ0n) is 25.3. The number of aromatic nitrogens is 3. The van der Waals surface area contributed by atoms with E-state index >= 15 is 0 Å². The minimum Gasteiger partial charge on any atom is -0.362 e. The van der Waals surface area contributed by atoms with Crippen LogP contribution >= 0.6 is 0 Å². The number of carbonyl (C=O) groups excluding carboxylic acids is 1. The number of nitrogens with zero attached hydrogens (tertiary/aromatic N) is 4. The van der Waals surface area contributed by atoms with Gasteiger partial charge in [-0.05, 0) is 86.4 Å². The second-order valence-electron chi connectivity index (χ2n) is 13.3. The first-order valence-electron chi connectivity index (χ1n) is 14.7. The predicted molar refractivity (Wildman–Crippen MR) is 169 cm³/mol. The van der Waals surface area contributed by atoms with Gasteiger partial charge in [0.1, 0.15) is 11.6 Å². The fourth-order valence-corrected chi connectivity index (χ4v) is 7.22. The number of sulfonamides is 1. The first kappa shape index (κ1) is 29.0. The number of hydrogen-bond donors (Lipinski definition) is 2. The number of amides is 1. The van der Waals surface area contributed by atoms with E-state index < -0.39 is 15.9 Å². The normalized spacial score (nSPS) is 21.7. The Labute approximate surface area is 253 Å². The maximum atomic E-state index is 13.7. The van der Waals surface area contributed by atoms with Crippen LogP contribution in [0.4, 0.5) is 11.6 Å². The van der Waals surface area contributed by atoms with Gasteiger partial charge in [-0.1, -0.05) is 45.0 Å². The second kappa shape index (κ2) is 10.6. The van der Waals surface area contributed by atoms with Gasteiger partial charge in [-0.3, -0.25) is 9.78 Å². The number of pyridine rings is 3. The lowest BCUT2D eigenvalue weighted by Gasteiger charge is -2.34. The van der Waals surface area contributed by atoms with E-state index in [0.717, 1.165) is 35.9 Å². The van der Waals surface area contributed by atoms with Gasteiger partial charge in [0.05, 0.1) is 22.8 Å². The Kier molecular flexibility index (Phi) is 7.15. The van der Waals surface area contributed by atoms with Crippen molar-refractivity contribution in [2.45, 2.75) is 75.9 Å². The van der Waals surface area contributed by atoms with Crippen molar-refractivity contribution in [1.29, 1.82) is 0 Å². The lowest BCUT2D eigenvalue weighted by molar-refractivity contribution is 0.0981. The number of rotatable bonds is 1. The lowest BCUT2D eigenvalue weighted by atomic mass is 9.86. The van der Waals surface area contributed by atoms with Crippen molar-refractivity contribution in [3.8, 4) is 0 Å². The Hall–Kier alpha value is -4.05. The molecule has 4 bridgehead atoms. The summed E-state index contributed by atoms with van der Waals surface area (Å²) < 4.78 is 29.3. The number of carbonyl (C=O) groups is 1. The highest BCUT2D eigenvalue weighted by atomic mass is 32.2. The molecule has 6 rings (SSSR count). The van der Waals surface area contributed by atoms with Crippen LogP contribution in [0, 0.1) is 5.92 Å². The Morgan fingerprint density at radius 1 is 0.977 bits per heavy atom. The van der Waals surface area contributed by atoms with Crippen LogP contribution in [0.25, 0.3) is 10.9 Å². The van der Waals surface area contributed by atoms with Gasteiger partial charge in [-0.15, -0.1) is 0 Å². The van der Waals surface area contributed by atoms with Crippen LogP contribution in [0.15, 0.2) is 71.9 Å². The van der Waals surface area contributed by atoms with Gasteiger partial charge in [0, 0.05) is 23.7 Å². The molecule has 4 aromatic rings. The molecule has 2 atom stereocenters. The predicted octanol–water partition coefficient (Wildman–Crippen LogP) is 5.99. The van der Waals surface area contributed by atoms with Crippen molar-refractivity contribution in [2.75, 3.05) is 16.8 Å². The van der Waals surface area contributed by atoms with Crippen molar-refractivity contribution in [2.24, 2.45) is 5.92 Å². The summed E-state index contributed by atoms with van der Waals surface area (Å²) in [6.45, 7) is 11.5. The first-order valence-corrected chi connectivity index (χ1v) is 16.2.